The van der Waals surface area contributed by atoms with E-state index in [1.54, 1.807) is 76.2 Å². The fourth-order valence-electron chi connectivity index (χ4n) is 9.83. The number of nitriles is 4. The van der Waals surface area contributed by atoms with E-state index in [9.17, 15) is 54.7 Å². The first kappa shape index (κ1) is 59.3. The van der Waals surface area contributed by atoms with Crippen LogP contribution < -0.4 is 16.7 Å². The Morgan fingerprint density at radius 1 is 0.298 bits per heavy atom. The summed E-state index contributed by atoms with van der Waals surface area (Å²) < 4.78 is 143. The average molecular weight is 1200 g/mol. The second kappa shape index (κ2) is 24.3. The Morgan fingerprint density at radius 2 is 0.452 bits per heavy atom. The largest absolute Gasteiger partial charge is 0.378 e. The van der Waals surface area contributed by atoms with Gasteiger partial charge in [-0.05, 0) is 98.5 Å². The highest BCUT2D eigenvalue weighted by Crippen LogP contribution is 2.43. The van der Waals surface area contributed by atoms with Crippen LogP contribution in [0.15, 0.2) is 165 Å². The van der Waals surface area contributed by atoms with Crippen LogP contribution in [-0.4, -0.2) is 33.7 Å². The van der Waals surface area contributed by atoms with Crippen LogP contribution >= 0.6 is 0 Å². The number of rotatable bonds is 16. The Balaban J connectivity index is 1.43. The zero-order chi connectivity index (χ0) is 60.1. The molecule has 0 amide bonds. The molecule has 8 aromatic carbocycles. The average Bonchev–Trinajstić information content (AvgIpc) is 1.84. The van der Waals surface area contributed by atoms with Gasteiger partial charge >= 0.3 is 40.5 Å². The van der Waals surface area contributed by atoms with Crippen LogP contribution in [0.2, 0.25) is 0 Å². The van der Waals surface area contributed by atoms with Crippen LogP contribution in [0.25, 0.3) is 0 Å². The third-order valence-electron chi connectivity index (χ3n) is 13.9. The smallest absolute Gasteiger partial charge is 0.339 e. The van der Waals surface area contributed by atoms with Crippen LogP contribution in [0.1, 0.15) is 89.0 Å². The second-order valence-corrected chi connectivity index (χ2v) is 26.6. The van der Waals surface area contributed by atoms with Crippen molar-refractivity contribution < 1.29 is 50.4 Å². The summed E-state index contributed by atoms with van der Waals surface area (Å²) in [6.07, 6.45) is -2.72. The van der Waals surface area contributed by atoms with Crippen LogP contribution in [0, 0.1) is 73.0 Å². The molecule has 16 nitrogen and oxygen atoms in total. The lowest BCUT2D eigenvalue weighted by molar-refractivity contribution is 0.478. The monoisotopic (exact) mass is 1200 g/mol. The molecule has 1 aliphatic carbocycles. The molecule has 0 fully saturated rings. The number of nitrogens with zero attached hydrogens (tertiary/aromatic N) is 4. The van der Waals surface area contributed by atoms with E-state index in [4.69, 9.17) is 16.7 Å². The topological polar surface area (TPSA) is 269 Å². The van der Waals surface area contributed by atoms with Gasteiger partial charge in [0.1, 0.15) is 42.6 Å². The van der Waals surface area contributed by atoms with Crippen molar-refractivity contribution in [2.45, 2.75) is 98.6 Å². The van der Waals surface area contributed by atoms with Gasteiger partial charge in [0.05, 0.1) is 50.0 Å². The predicted octanol–water partition coefficient (Wildman–Crippen LogP) is 10.9. The van der Waals surface area contributed by atoms with Crippen molar-refractivity contribution in [3.8, 4) is 47.3 Å². The zero-order valence-corrected chi connectivity index (χ0v) is 49.1. The number of hydrogen-bond donors (Lipinski definition) is 0. The minimum absolute atomic E-state index is 0.0628. The SMILES string of the molecule is Cc1ccc(S(=O)(=O)Oc2c3cc(CC#N)cc2Cc2cc(CC#N)cc(c2OS(=O)(=O)c2ccc(C)cc2)Cc2cc(CC#N)cc(c2OS(=O)(=O)c2ccc(C)cc2)Cc2cc(CC#N)cc(c2OS(=O)(=O)c2ccc(C)cc2)C3)cc1. The highest BCUT2D eigenvalue weighted by Gasteiger charge is 2.32. The molecule has 0 saturated heterocycles. The molecule has 0 saturated carbocycles. The molecule has 0 radical (unpaired) electrons. The number of fused-ring (bicyclic) bond motifs is 8. The lowest BCUT2D eigenvalue weighted by Gasteiger charge is -2.24. The predicted molar refractivity (Wildman–Crippen MR) is 310 cm³/mol. The summed E-state index contributed by atoms with van der Waals surface area (Å²) >= 11 is 0. The summed E-state index contributed by atoms with van der Waals surface area (Å²) in [6.45, 7) is 7.07. The van der Waals surface area contributed by atoms with Crippen molar-refractivity contribution in [1.29, 1.82) is 21.0 Å². The molecule has 0 aliphatic heterocycles. The van der Waals surface area contributed by atoms with Gasteiger partial charge in [0.2, 0.25) is 0 Å². The summed E-state index contributed by atoms with van der Waals surface area (Å²) in [5.41, 5.74) is 4.77. The van der Waals surface area contributed by atoms with Gasteiger partial charge in [-0.2, -0.15) is 54.7 Å². The summed E-state index contributed by atoms with van der Waals surface area (Å²) in [4.78, 5) is -0.979. The lowest BCUT2D eigenvalue weighted by Crippen LogP contribution is -2.17. The lowest BCUT2D eigenvalue weighted by atomic mass is 9.88. The molecule has 0 atom stereocenters. The Bertz CT molecular complexity index is 3880. The molecule has 20 heteroatoms. The van der Waals surface area contributed by atoms with E-state index in [0.717, 1.165) is 22.3 Å². The van der Waals surface area contributed by atoms with Gasteiger partial charge in [-0.1, -0.05) is 119 Å². The molecule has 0 N–H and O–H groups in total. The Morgan fingerprint density at radius 3 is 0.595 bits per heavy atom. The van der Waals surface area contributed by atoms with E-state index in [1.807, 2.05) is 0 Å². The molecule has 8 aromatic rings. The molecule has 9 rings (SSSR count). The molecule has 424 valence electrons. The summed E-state index contributed by atoms with van der Waals surface area (Å²) in [6, 6.07) is 44.1. The van der Waals surface area contributed by atoms with Crippen molar-refractivity contribution in [3.05, 3.63) is 235 Å². The molecule has 0 unspecified atom stereocenters. The minimum atomic E-state index is -4.77. The molecule has 84 heavy (non-hydrogen) atoms. The maximum absolute atomic E-state index is 14.7. The fourth-order valence-corrected chi connectivity index (χ4v) is 13.8. The van der Waals surface area contributed by atoms with E-state index in [2.05, 4.69) is 24.3 Å². The highest BCUT2D eigenvalue weighted by atomic mass is 32.2. The quantitative estimate of drug-likeness (QED) is 0.0814. The van der Waals surface area contributed by atoms with E-state index >= 15 is 0 Å². The highest BCUT2D eigenvalue weighted by molar-refractivity contribution is 7.88. The van der Waals surface area contributed by atoms with E-state index in [0.29, 0.717) is 22.3 Å². The van der Waals surface area contributed by atoms with Gasteiger partial charge in [0.25, 0.3) is 0 Å². The second-order valence-electron chi connectivity index (χ2n) is 20.4. The maximum Gasteiger partial charge on any atom is 0.339 e. The van der Waals surface area contributed by atoms with Crippen LogP contribution in [-0.2, 0) is 91.8 Å². The van der Waals surface area contributed by atoms with Crippen molar-refractivity contribution in [1.82, 2.24) is 0 Å². The Kier molecular flexibility index (Phi) is 17.2. The normalized spacial score (nSPS) is 12.4. The zero-order valence-electron chi connectivity index (χ0n) is 45.8. The van der Waals surface area contributed by atoms with Gasteiger partial charge in [0.15, 0.2) is 0 Å². The number of hydrogen-bond acceptors (Lipinski definition) is 16. The van der Waals surface area contributed by atoms with Crippen LogP contribution in [0.4, 0.5) is 0 Å². The van der Waals surface area contributed by atoms with E-state index in [1.165, 1.54) is 97.1 Å². The van der Waals surface area contributed by atoms with Crippen LogP contribution in [0.5, 0.6) is 23.0 Å². The van der Waals surface area contributed by atoms with E-state index < -0.39 is 66.2 Å². The molecule has 1 aliphatic rings. The number of aryl methyl sites for hydroxylation is 4. The molecule has 0 heterocycles. The van der Waals surface area contributed by atoms with Gasteiger partial charge in [0, 0.05) is 70.2 Å². The summed E-state index contributed by atoms with van der Waals surface area (Å²) in [5, 5.41) is 41.1. The van der Waals surface area contributed by atoms with Crippen molar-refractivity contribution >= 4 is 40.5 Å². The molecule has 0 aromatic heterocycles. The first-order valence-corrected chi connectivity index (χ1v) is 31.7. The minimum Gasteiger partial charge on any atom is -0.378 e. The fraction of sp³-hybridized carbons (Fsp3) is 0.188. The van der Waals surface area contributed by atoms with Crippen molar-refractivity contribution in [2.24, 2.45) is 0 Å². The summed E-state index contributed by atoms with van der Waals surface area (Å²) in [7, 11) is -19.1. The third kappa shape index (κ3) is 13.5. The maximum atomic E-state index is 14.7. The molecular formula is C64H52N4O12S4. The van der Waals surface area contributed by atoms with Crippen LogP contribution in [0.3, 0.4) is 0 Å². The summed E-state index contributed by atoms with van der Waals surface area (Å²) in [5.74, 6) is -1.20. The van der Waals surface area contributed by atoms with Gasteiger partial charge in [-0.15, -0.1) is 0 Å². The van der Waals surface area contributed by atoms with Gasteiger partial charge in [-0.3, -0.25) is 0 Å². The standard InChI is InChI=1S/C64H52N4O12S4/c1-41-5-13-57(14-6-41)81(69,70)77-61-49-29-45(21-25-65)30-50(61)38-52-32-47(23-27-67)34-54(63(52)79-83(73,74)59-17-9-43(3)10-18-59)40-56-36-48(24-28-68)35-55(64(56)80-84(75,76)60-19-11-44(4)12-20-60)39-53-33-46(22-26-66)31-51(37-49)62(53)78-82(71,72)58-15-7-42(2)8-16-58/h5-20,29-36H,21-24,37-40H2,1-4H3. The Labute approximate surface area is 489 Å². The molecular weight excluding hydrogens is 1140 g/mol. The van der Waals surface area contributed by atoms with Crippen molar-refractivity contribution in [3.63, 3.8) is 0 Å². The number of benzene rings is 8. The first-order valence-electron chi connectivity index (χ1n) is 26.1. The van der Waals surface area contributed by atoms with Gasteiger partial charge in [-0.25, -0.2) is 0 Å². The molecule has 8 bridgehead atoms. The molecule has 0 spiro atoms. The van der Waals surface area contributed by atoms with Crippen molar-refractivity contribution in [2.75, 3.05) is 0 Å². The van der Waals surface area contributed by atoms with E-state index in [-0.39, 0.29) is 113 Å². The van der Waals surface area contributed by atoms with Gasteiger partial charge < -0.3 is 16.7 Å². The third-order valence-corrected chi connectivity index (χ3v) is 18.8. The Hall–Kier alpha value is -9.28. The first-order chi connectivity index (χ1) is 40.0.